The van der Waals surface area contributed by atoms with Gasteiger partial charge in [-0.05, 0) is 68.1 Å². The minimum absolute atomic E-state index is 0.107. The number of aryl methyl sites for hydroxylation is 2. The molecular weight excluding hydrogens is 319 g/mol. The van der Waals surface area contributed by atoms with Crippen LogP contribution in [0.3, 0.4) is 0 Å². The fraction of sp³-hybridized carbons (Fsp3) is 0.235. The van der Waals surface area contributed by atoms with E-state index in [2.05, 4.69) is 22.0 Å². The van der Waals surface area contributed by atoms with E-state index in [1.54, 1.807) is 6.07 Å². The van der Waals surface area contributed by atoms with Gasteiger partial charge < -0.3 is 0 Å². The van der Waals surface area contributed by atoms with Crippen molar-refractivity contribution < 1.29 is 9.18 Å². The summed E-state index contributed by atoms with van der Waals surface area (Å²) in [6, 6.07) is 6.49. The van der Waals surface area contributed by atoms with Gasteiger partial charge in [0.15, 0.2) is 5.78 Å². The Balaban J connectivity index is 2.68. The van der Waals surface area contributed by atoms with Gasteiger partial charge in [0.25, 0.3) is 0 Å². The molecule has 0 saturated heterocycles. The summed E-state index contributed by atoms with van der Waals surface area (Å²) < 4.78 is 14.6. The van der Waals surface area contributed by atoms with E-state index >= 15 is 0 Å². The lowest BCUT2D eigenvalue weighted by Crippen LogP contribution is -2.10. The van der Waals surface area contributed by atoms with Gasteiger partial charge in [0, 0.05) is 10.0 Å². The molecule has 2 aromatic rings. The Labute approximate surface area is 127 Å². The van der Waals surface area contributed by atoms with Crippen LogP contribution in [0.4, 0.5) is 4.39 Å². The molecular formula is C17H16BrFO. The van der Waals surface area contributed by atoms with E-state index in [0.717, 1.165) is 22.3 Å². The molecule has 0 bridgehead atoms. The molecule has 2 aromatic carbocycles. The molecule has 0 saturated carbocycles. The second kappa shape index (κ2) is 5.49. The molecule has 0 aliphatic heterocycles. The van der Waals surface area contributed by atoms with Gasteiger partial charge in [-0.2, -0.15) is 0 Å². The first kappa shape index (κ1) is 14.9. The summed E-state index contributed by atoms with van der Waals surface area (Å²) in [5.74, 6) is -0.748. The predicted molar refractivity (Wildman–Crippen MR) is 82.9 cm³/mol. The van der Waals surface area contributed by atoms with Gasteiger partial charge in [-0.15, -0.1) is 0 Å². The molecule has 1 nitrogen and oxygen atoms in total. The molecule has 0 radical (unpaired) electrons. The lowest BCUT2D eigenvalue weighted by atomic mass is 9.89. The monoisotopic (exact) mass is 334 g/mol. The normalized spacial score (nSPS) is 10.7. The average Bonchev–Trinajstić information content (AvgIpc) is 2.39. The van der Waals surface area contributed by atoms with Crippen LogP contribution < -0.4 is 0 Å². The number of hydrogen-bond donors (Lipinski definition) is 0. The van der Waals surface area contributed by atoms with E-state index in [1.807, 2.05) is 27.7 Å². The second-order valence-corrected chi connectivity index (χ2v) is 6.00. The summed E-state index contributed by atoms with van der Waals surface area (Å²) in [5.41, 5.74) is 4.64. The van der Waals surface area contributed by atoms with Crippen molar-refractivity contribution in [3.05, 3.63) is 67.9 Å². The SMILES string of the molecule is Cc1cc(C)c(C)c(C(=O)c2cc(Br)ccc2F)c1C. The van der Waals surface area contributed by atoms with Crippen molar-refractivity contribution in [2.24, 2.45) is 0 Å². The molecule has 0 aliphatic rings. The highest BCUT2D eigenvalue weighted by Crippen LogP contribution is 2.26. The maximum absolute atomic E-state index is 13.9. The molecule has 2 rings (SSSR count). The average molecular weight is 335 g/mol. The van der Waals surface area contributed by atoms with Crippen molar-refractivity contribution in [2.75, 3.05) is 0 Å². The van der Waals surface area contributed by atoms with Gasteiger partial charge in [0.05, 0.1) is 5.56 Å². The van der Waals surface area contributed by atoms with Crippen LogP contribution in [0.2, 0.25) is 0 Å². The van der Waals surface area contributed by atoms with Gasteiger partial charge in [0.2, 0.25) is 0 Å². The minimum atomic E-state index is -0.490. The van der Waals surface area contributed by atoms with Crippen LogP contribution in [-0.4, -0.2) is 5.78 Å². The summed E-state index contributed by atoms with van der Waals surface area (Å²) in [7, 11) is 0. The fourth-order valence-electron chi connectivity index (χ4n) is 2.36. The largest absolute Gasteiger partial charge is 0.288 e. The second-order valence-electron chi connectivity index (χ2n) is 5.09. The molecule has 0 amide bonds. The van der Waals surface area contributed by atoms with Gasteiger partial charge in [-0.25, -0.2) is 4.39 Å². The zero-order valence-corrected chi connectivity index (χ0v) is 13.6. The Kier molecular flexibility index (Phi) is 4.09. The van der Waals surface area contributed by atoms with Crippen LogP contribution in [0.15, 0.2) is 28.7 Å². The molecule has 3 heteroatoms. The highest BCUT2D eigenvalue weighted by Gasteiger charge is 2.20. The molecule has 0 aromatic heterocycles. The first-order valence-electron chi connectivity index (χ1n) is 6.40. The first-order valence-corrected chi connectivity index (χ1v) is 7.19. The first-order chi connectivity index (χ1) is 9.32. The number of carbonyl (C=O) groups is 1. The summed E-state index contributed by atoms with van der Waals surface area (Å²) >= 11 is 3.28. The van der Waals surface area contributed by atoms with Crippen molar-refractivity contribution in [1.82, 2.24) is 0 Å². The van der Waals surface area contributed by atoms with Crippen LogP contribution in [-0.2, 0) is 0 Å². The Morgan fingerprint density at radius 1 is 1.00 bits per heavy atom. The highest BCUT2D eigenvalue weighted by atomic mass is 79.9. The molecule has 0 N–H and O–H groups in total. The number of ketones is 1. The molecule has 0 unspecified atom stereocenters. The van der Waals surface area contributed by atoms with E-state index < -0.39 is 5.82 Å². The van der Waals surface area contributed by atoms with E-state index in [-0.39, 0.29) is 11.3 Å². The number of halogens is 2. The molecule has 104 valence electrons. The van der Waals surface area contributed by atoms with Crippen LogP contribution in [0, 0.1) is 33.5 Å². The molecule has 0 aliphatic carbocycles. The van der Waals surface area contributed by atoms with Crippen molar-refractivity contribution in [1.29, 1.82) is 0 Å². The third kappa shape index (κ3) is 2.55. The maximum atomic E-state index is 13.9. The Hall–Kier alpha value is -1.48. The minimum Gasteiger partial charge on any atom is -0.288 e. The van der Waals surface area contributed by atoms with E-state index in [9.17, 15) is 9.18 Å². The van der Waals surface area contributed by atoms with Crippen molar-refractivity contribution in [2.45, 2.75) is 27.7 Å². The van der Waals surface area contributed by atoms with Gasteiger partial charge >= 0.3 is 0 Å². The van der Waals surface area contributed by atoms with Crippen LogP contribution in [0.25, 0.3) is 0 Å². The van der Waals surface area contributed by atoms with E-state index in [0.29, 0.717) is 10.0 Å². The zero-order valence-electron chi connectivity index (χ0n) is 12.0. The smallest absolute Gasteiger partial charge is 0.196 e. The van der Waals surface area contributed by atoms with Crippen LogP contribution >= 0.6 is 15.9 Å². The van der Waals surface area contributed by atoms with E-state index in [4.69, 9.17) is 0 Å². The van der Waals surface area contributed by atoms with Gasteiger partial charge in [-0.3, -0.25) is 4.79 Å². The lowest BCUT2D eigenvalue weighted by molar-refractivity contribution is 0.103. The zero-order chi connectivity index (χ0) is 15.0. The molecule has 0 spiro atoms. The summed E-state index contributed by atoms with van der Waals surface area (Å²) in [6.07, 6.45) is 0. The summed E-state index contributed by atoms with van der Waals surface area (Å²) in [6.45, 7) is 7.75. The topological polar surface area (TPSA) is 17.1 Å². The van der Waals surface area contributed by atoms with Crippen molar-refractivity contribution in [3.8, 4) is 0 Å². The molecule has 0 heterocycles. The summed E-state index contributed by atoms with van der Waals surface area (Å²) in [4.78, 5) is 12.7. The lowest BCUT2D eigenvalue weighted by Gasteiger charge is -2.14. The van der Waals surface area contributed by atoms with Crippen molar-refractivity contribution >= 4 is 21.7 Å². The summed E-state index contributed by atoms with van der Waals surface area (Å²) in [5, 5.41) is 0. The molecule has 0 fully saturated rings. The van der Waals surface area contributed by atoms with Gasteiger partial charge in [0.1, 0.15) is 5.82 Å². The highest BCUT2D eigenvalue weighted by molar-refractivity contribution is 9.10. The quantitative estimate of drug-likeness (QED) is 0.702. The number of rotatable bonds is 2. The number of hydrogen-bond acceptors (Lipinski definition) is 1. The Morgan fingerprint density at radius 3 is 2.10 bits per heavy atom. The standard InChI is InChI=1S/C17H16BrFO/c1-9-7-10(2)12(4)16(11(9)3)17(20)14-8-13(18)5-6-15(14)19/h5-8H,1-4H3. The molecule has 0 atom stereocenters. The van der Waals surface area contributed by atoms with Gasteiger partial charge in [-0.1, -0.05) is 22.0 Å². The molecule has 20 heavy (non-hydrogen) atoms. The fourth-order valence-corrected chi connectivity index (χ4v) is 2.72. The van der Waals surface area contributed by atoms with Crippen LogP contribution in [0.1, 0.15) is 38.2 Å². The third-order valence-electron chi connectivity index (χ3n) is 3.77. The van der Waals surface area contributed by atoms with Crippen LogP contribution in [0.5, 0.6) is 0 Å². The Bertz CT molecular complexity index is 678. The maximum Gasteiger partial charge on any atom is 0.196 e. The van der Waals surface area contributed by atoms with Crippen molar-refractivity contribution in [3.63, 3.8) is 0 Å². The predicted octanol–water partition coefficient (Wildman–Crippen LogP) is 5.05. The van der Waals surface area contributed by atoms with E-state index in [1.165, 1.54) is 12.1 Å². The number of benzene rings is 2. The third-order valence-corrected chi connectivity index (χ3v) is 4.26. The Morgan fingerprint density at radius 2 is 1.55 bits per heavy atom. The number of carbonyl (C=O) groups excluding carboxylic acids is 1.